The Morgan fingerprint density at radius 1 is 1.50 bits per heavy atom. The molecule has 0 heterocycles. The van der Waals surface area contributed by atoms with Gasteiger partial charge in [-0.15, -0.1) is 0 Å². The van der Waals surface area contributed by atoms with Crippen LogP contribution in [0, 0.1) is 11.3 Å². The van der Waals surface area contributed by atoms with Crippen LogP contribution >= 0.6 is 0 Å². The summed E-state index contributed by atoms with van der Waals surface area (Å²) in [6.07, 6.45) is 2.88. The molecule has 0 atom stereocenters. The minimum atomic E-state index is -0.477. The van der Waals surface area contributed by atoms with Crippen molar-refractivity contribution in [2.75, 3.05) is 0 Å². The van der Waals surface area contributed by atoms with Crippen molar-refractivity contribution in [2.24, 2.45) is 0 Å². The Morgan fingerprint density at radius 3 is 2.86 bits per heavy atom. The molecular weight excluding hydrogens is 178 g/mol. The normalized spacial score (nSPS) is 9.71. The number of nitriles is 1. The van der Waals surface area contributed by atoms with E-state index in [0.29, 0.717) is 5.56 Å². The van der Waals surface area contributed by atoms with Crippen LogP contribution in [0.1, 0.15) is 12.5 Å². The molecule has 0 amide bonds. The van der Waals surface area contributed by atoms with E-state index in [1.807, 2.05) is 6.07 Å². The average Bonchev–Trinajstić information content (AvgIpc) is 2.19. The molecule has 0 radical (unpaired) electrons. The minimum absolute atomic E-state index is 0.290. The highest BCUT2D eigenvalue weighted by Gasteiger charge is 2.04. The van der Waals surface area contributed by atoms with Gasteiger partial charge < -0.3 is 4.74 Å². The molecule has 0 N–H and O–H groups in total. The lowest BCUT2D eigenvalue weighted by molar-refractivity contribution is -0.129. The van der Waals surface area contributed by atoms with Gasteiger partial charge in [0.25, 0.3) is 0 Å². The van der Waals surface area contributed by atoms with Crippen molar-refractivity contribution in [1.29, 1.82) is 5.26 Å². The zero-order valence-electron chi connectivity index (χ0n) is 7.73. The molecule has 0 aromatic heterocycles. The summed E-state index contributed by atoms with van der Waals surface area (Å²) in [6, 6.07) is 8.54. The Bertz CT molecular complexity index is 402. The average molecular weight is 187 g/mol. The van der Waals surface area contributed by atoms with Crippen molar-refractivity contribution in [3.05, 3.63) is 42.0 Å². The van der Waals surface area contributed by atoms with Crippen LogP contribution in [0.25, 0.3) is 0 Å². The first-order valence-corrected chi connectivity index (χ1v) is 4.11. The zero-order valence-corrected chi connectivity index (χ0v) is 7.73. The summed E-state index contributed by atoms with van der Waals surface area (Å²) in [5.41, 5.74) is 0.352. The van der Waals surface area contributed by atoms with Crippen molar-refractivity contribution >= 4 is 5.97 Å². The number of allylic oxidation sites excluding steroid dienone is 1. The summed E-state index contributed by atoms with van der Waals surface area (Å²) in [5.74, 6) is -0.187. The molecule has 3 nitrogen and oxygen atoms in total. The number of hydrogen-bond acceptors (Lipinski definition) is 3. The van der Waals surface area contributed by atoms with Gasteiger partial charge in [-0.05, 0) is 19.1 Å². The largest absolute Gasteiger partial charge is 0.422 e. The first-order valence-electron chi connectivity index (χ1n) is 4.11. The van der Waals surface area contributed by atoms with Crippen molar-refractivity contribution in [2.45, 2.75) is 6.92 Å². The van der Waals surface area contributed by atoms with Gasteiger partial charge in [-0.25, -0.2) is 4.79 Å². The lowest BCUT2D eigenvalue weighted by atomic mass is 10.2. The van der Waals surface area contributed by atoms with Crippen LogP contribution in [0.5, 0.6) is 5.75 Å². The third-order valence-corrected chi connectivity index (χ3v) is 1.52. The molecule has 0 saturated carbocycles. The molecule has 0 aliphatic heterocycles. The summed E-state index contributed by atoms with van der Waals surface area (Å²) in [6.45, 7) is 1.72. The van der Waals surface area contributed by atoms with Gasteiger partial charge in [0.2, 0.25) is 0 Å². The van der Waals surface area contributed by atoms with E-state index in [-0.39, 0.29) is 5.75 Å². The maximum Gasteiger partial charge on any atom is 0.335 e. The molecular formula is C11H9NO2. The van der Waals surface area contributed by atoms with E-state index in [9.17, 15) is 4.79 Å². The third-order valence-electron chi connectivity index (χ3n) is 1.52. The maximum absolute atomic E-state index is 11.1. The summed E-state index contributed by atoms with van der Waals surface area (Å²) in [7, 11) is 0. The van der Waals surface area contributed by atoms with Gasteiger partial charge >= 0.3 is 5.97 Å². The summed E-state index contributed by atoms with van der Waals surface area (Å²) in [5, 5.41) is 8.70. The fourth-order valence-electron chi connectivity index (χ4n) is 0.926. The van der Waals surface area contributed by atoms with Crippen molar-refractivity contribution < 1.29 is 9.53 Å². The Hall–Kier alpha value is -2.08. The fourth-order valence-corrected chi connectivity index (χ4v) is 0.926. The molecule has 0 fully saturated rings. The van der Waals surface area contributed by atoms with Crippen LogP contribution in [0.3, 0.4) is 0 Å². The van der Waals surface area contributed by atoms with E-state index >= 15 is 0 Å². The highest BCUT2D eigenvalue weighted by Crippen LogP contribution is 2.16. The predicted molar refractivity (Wildman–Crippen MR) is 51.6 cm³/mol. The van der Waals surface area contributed by atoms with E-state index < -0.39 is 5.97 Å². The highest BCUT2D eigenvalue weighted by atomic mass is 16.5. The monoisotopic (exact) mass is 187 g/mol. The van der Waals surface area contributed by atoms with Crippen LogP contribution in [-0.4, -0.2) is 5.97 Å². The zero-order chi connectivity index (χ0) is 10.4. The number of nitrogens with zero attached hydrogens (tertiary/aromatic N) is 1. The molecule has 70 valence electrons. The standard InChI is InChI=1S/C11H9NO2/c1-2-5-11(13)14-10-7-4-3-6-9(10)8-12/h2-7H,1H3. The Morgan fingerprint density at radius 2 is 2.21 bits per heavy atom. The number of carbonyl (C=O) groups is 1. The molecule has 0 bridgehead atoms. The van der Waals surface area contributed by atoms with Crippen LogP contribution in [0.4, 0.5) is 0 Å². The topological polar surface area (TPSA) is 50.1 Å². The SMILES string of the molecule is CC=CC(=O)Oc1ccccc1C#N. The maximum atomic E-state index is 11.1. The van der Waals surface area contributed by atoms with E-state index in [2.05, 4.69) is 0 Å². The summed E-state index contributed by atoms with van der Waals surface area (Å²) in [4.78, 5) is 11.1. The smallest absolute Gasteiger partial charge is 0.335 e. The van der Waals surface area contributed by atoms with Gasteiger partial charge in [-0.1, -0.05) is 18.2 Å². The lowest BCUT2D eigenvalue weighted by Crippen LogP contribution is -2.04. The summed E-state index contributed by atoms with van der Waals surface area (Å²) >= 11 is 0. The van der Waals surface area contributed by atoms with E-state index in [0.717, 1.165) is 0 Å². The second kappa shape index (κ2) is 4.83. The minimum Gasteiger partial charge on any atom is -0.422 e. The number of carbonyl (C=O) groups excluding carboxylic acids is 1. The fraction of sp³-hybridized carbons (Fsp3) is 0.0909. The number of rotatable bonds is 2. The van der Waals surface area contributed by atoms with Gasteiger partial charge in [0.05, 0.1) is 5.56 Å². The Balaban J connectivity index is 2.87. The van der Waals surface area contributed by atoms with E-state index in [1.165, 1.54) is 6.08 Å². The molecule has 0 spiro atoms. The van der Waals surface area contributed by atoms with Crippen LogP contribution in [-0.2, 0) is 4.79 Å². The van der Waals surface area contributed by atoms with E-state index in [4.69, 9.17) is 10.00 Å². The number of ether oxygens (including phenoxy) is 1. The molecule has 0 unspecified atom stereocenters. The number of para-hydroxylation sites is 1. The lowest BCUT2D eigenvalue weighted by Gasteiger charge is -2.01. The molecule has 1 aromatic rings. The molecule has 0 saturated heterocycles. The second-order valence-electron chi connectivity index (χ2n) is 2.53. The Kier molecular flexibility index (Phi) is 3.45. The van der Waals surface area contributed by atoms with Crippen LogP contribution in [0.2, 0.25) is 0 Å². The molecule has 0 aliphatic carbocycles. The van der Waals surface area contributed by atoms with Crippen LogP contribution in [0.15, 0.2) is 36.4 Å². The quantitative estimate of drug-likeness (QED) is 0.404. The van der Waals surface area contributed by atoms with Crippen LogP contribution < -0.4 is 4.74 Å². The molecule has 0 aliphatic rings. The van der Waals surface area contributed by atoms with Gasteiger partial charge in [-0.3, -0.25) is 0 Å². The number of esters is 1. The van der Waals surface area contributed by atoms with Gasteiger partial charge in [0, 0.05) is 6.08 Å². The van der Waals surface area contributed by atoms with Gasteiger partial charge in [-0.2, -0.15) is 5.26 Å². The molecule has 1 aromatic carbocycles. The first-order chi connectivity index (χ1) is 6.77. The van der Waals surface area contributed by atoms with E-state index in [1.54, 1.807) is 37.3 Å². The molecule has 14 heavy (non-hydrogen) atoms. The third kappa shape index (κ3) is 2.46. The van der Waals surface area contributed by atoms with Crippen molar-refractivity contribution in [1.82, 2.24) is 0 Å². The molecule has 3 heteroatoms. The van der Waals surface area contributed by atoms with Crippen molar-refractivity contribution in [3.63, 3.8) is 0 Å². The van der Waals surface area contributed by atoms with Gasteiger partial charge in [0.1, 0.15) is 11.8 Å². The summed E-state index contributed by atoms with van der Waals surface area (Å²) < 4.78 is 4.93. The second-order valence-corrected chi connectivity index (χ2v) is 2.53. The predicted octanol–water partition coefficient (Wildman–Crippen LogP) is 2.04. The highest BCUT2D eigenvalue weighted by molar-refractivity contribution is 5.84. The first kappa shape index (κ1) is 10.0. The Labute approximate surface area is 82.2 Å². The number of hydrogen-bond donors (Lipinski definition) is 0. The number of benzene rings is 1. The van der Waals surface area contributed by atoms with Gasteiger partial charge in [0.15, 0.2) is 0 Å². The van der Waals surface area contributed by atoms with Crippen molar-refractivity contribution in [3.8, 4) is 11.8 Å². The molecule has 1 rings (SSSR count).